The molecular formula is C15H21F3N2O2. The molecule has 1 unspecified atom stereocenters. The molecule has 1 atom stereocenters. The first-order chi connectivity index (χ1) is 10.4. The maximum atomic E-state index is 13.3. The van der Waals surface area contributed by atoms with E-state index in [0.717, 1.165) is 25.9 Å². The highest BCUT2D eigenvalue weighted by Gasteiger charge is 2.37. The number of ether oxygens (including phenoxy) is 2. The first-order valence-corrected chi connectivity index (χ1v) is 7.18. The average Bonchev–Trinajstić information content (AvgIpc) is 2.47. The number of aromatic nitrogens is 1. The molecular weight excluding hydrogens is 297 g/mol. The summed E-state index contributed by atoms with van der Waals surface area (Å²) >= 11 is 0. The normalized spacial score (nSPS) is 20.6. The lowest BCUT2D eigenvalue weighted by Gasteiger charge is -2.30. The van der Waals surface area contributed by atoms with Crippen molar-refractivity contribution in [1.82, 2.24) is 9.88 Å². The summed E-state index contributed by atoms with van der Waals surface area (Å²) in [6.07, 6.45) is -2.25. The van der Waals surface area contributed by atoms with Crippen LogP contribution in [0.15, 0.2) is 12.3 Å². The Morgan fingerprint density at radius 1 is 1.32 bits per heavy atom. The van der Waals surface area contributed by atoms with Gasteiger partial charge in [-0.3, -0.25) is 4.98 Å². The molecule has 0 radical (unpaired) electrons. The number of methoxy groups -OCH3 is 2. The lowest BCUT2D eigenvalue weighted by Crippen LogP contribution is -2.31. The quantitative estimate of drug-likeness (QED) is 0.799. The lowest BCUT2D eigenvalue weighted by molar-refractivity contribution is -0.149. The standard InChI is InChI=1S/C15H21F3N2O2/c1-20-6-4-5-10(9-20)11-7-12(15(16,17)18)13(19-8-11)14(21-2)22-3/h7-8,10,14H,4-6,9H2,1-3H3. The van der Waals surface area contributed by atoms with Gasteiger partial charge in [-0.2, -0.15) is 13.2 Å². The van der Waals surface area contributed by atoms with Crippen LogP contribution in [0.25, 0.3) is 0 Å². The minimum absolute atomic E-state index is 0.0740. The number of hydrogen-bond donors (Lipinski definition) is 0. The Bertz CT molecular complexity index is 504. The molecule has 0 spiro atoms. The van der Waals surface area contributed by atoms with Crippen molar-refractivity contribution in [2.45, 2.75) is 31.2 Å². The Hall–Kier alpha value is -1.18. The van der Waals surface area contributed by atoms with Crippen molar-refractivity contribution in [2.24, 2.45) is 0 Å². The van der Waals surface area contributed by atoms with Crippen molar-refractivity contribution in [3.8, 4) is 0 Å². The summed E-state index contributed by atoms with van der Waals surface area (Å²) in [6.45, 7) is 1.72. The Labute approximate surface area is 128 Å². The minimum Gasteiger partial charge on any atom is -0.350 e. The van der Waals surface area contributed by atoms with Gasteiger partial charge in [0.25, 0.3) is 0 Å². The molecule has 1 aliphatic heterocycles. The largest absolute Gasteiger partial charge is 0.418 e. The van der Waals surface area contributed by atoms with Crippen LogP contribution in [0.4, 0.5) is 13.2 Å². The van der Waals surface area contributed by atoms with Gasteiger partial charge < -0.3 is 14.4 Å². The molecule has 0 aliphatic carbocycles. The first-order valence-electron chi connectivity index (χ1n) is 7.18. The highest BCUT2D eigenvalue weighted by molar-refractivity contribution is 5.31. The van der Waals surface area contributed by atoms with Crippen LogP contribution < -0.4 is 0 Å². The number of nitrogens with zero attached hydrogens (tertiary/aromatic N) is 2. The summed E-state index contributed by atoms with van der Waals surface area (Å²) in [5.74, 6) is 0.0740. The van der Waals surface area contributed by atoms with Gasteiger partial charge in [0.1, 0.15) is 5.69 Å². The third-order valence-corrected chi connectivity index (χ3v) is 3.99. The maximum absolute atomic E-state index is 13.3. The maximum Gasteiger partial charge on any atom is 0.418 e. The van der Waals surface area contributed by atoms with Gasteiger partial charge in [0.2, 0.25) is 6.29 Å². The number of piperidine rings is 1. The molecule has 124 valence electrons. The average molecular weight is 318 g/mol. The number of likely N-dealkylation sites (tertiary alicyclic amines) is 1. The Morgan fingerprint density at radius 2 is 2.00 bits per heavy atom. The number of likely N-dealkylation sites (N-methyl/N-ethyl adjacent to an activating group) is 1. The second kappa shape index (κ2) is 6.93. The SMILES string of the molecule is COC(OC)c1ncc(C2CCCN(C)C2)cc1C(F)(F)F. The molecule has 1 fully saturated rings. The lowest BCUT2D eigenvalue weighted by atomic mass is 9.90. The molecule has 0 saturated carbocycles. The van der Waals surface area contributed by atoms with E-state index in [-0.39, 0.29) is 11.6 Å². The molecule has 1 aromatic rings. The zero-order chi connectivity index (χ0) is 16.3. The van der Waals surface area contributed by atoms with Gasteiger partial charge in [-0.1, -0.05) is 0 Å². The second-order valence-electron chi connectivity index (χ2n) is 5.60. The predicted octanol–water partition coefficient (Wildman–Crippen LogP) is 3.20. The van der Waals surface area contributed by atoms with Crippen LogP contribution in [0, 0.1) is 0 Å². The smallest absolute Gasteiger partial charge is 0.350 e. The number of hydrogen-bond acceptors (Lipinski definition) is 4. The summed E-state index contributed by atoms with van der Waals surface area (Å²) in [7, 11) is 4.56. The van der Waals surface area contributed by atoms with Crippen molar-refractivity contribution >= 4 is 0 Å². The predicted molar refractivity (Wildman–Crippen MR) is 75.5 cm³/mol. The van der Waals surface area contributed by atoms with Crippen LogP contribution >= 0.6 is 0 Å². The van der Waals surface area contributed by atoms with E-state index in [0.29, 0.717) is 5.56 Å². The van der Waals surface area contributed by atoms with Crippen LogP contribution in [-0.2, 0) is 15.7 Å². The summed E-state index contributed by atoms with van der Waals surface area (Å²) < 4.78 is 49.9. The first kappa shape index (κ1) is 17.2. The van der Waals surface area contributed by atoms with Crippen LogP contribution in [0.5, 0.6) is 0 Å². The molecule has 0 bridgehead atoms. The number of halogens is 3. The van der Waals surface area contributed by atoms with E-state index in [1.54, 1.807) is 0 Å². The van der Waals surface area contributed by atoms with Crippen molar-refractivity contribution in [3.63, 3.8) is 0 Å². The third-order valence-electron chi connectivity index (χ3n) is 3.99. The summed E-state index contributed by atoms with van der Waals surface area (Å²) in [5.41, 5.74) is -0.397. The fourth-order valence-electron chi connectivity index (χ4n) is 2.89. The Balaban J connectivity index is 2.39. The highest BCUT2D eigenvalue weighted by Crippen LogP contribution is 2.37. The van der Waals surface area contributed by atoms with Crippen LogP contribution in [0.2, 0.25) is 0 Å². The van der Waals surface area contributed by atoms with Crippen molar-refractivity contribution in [3.05, 3.63) is 29.1 Å². The molecule has 22 heavy (non-hydrogen) atoms. The van der Waals surface area contributed by atoms with E-state index in [9.17, 15) is 13.2 Å². The fourth-order valence-corrected chi connectivity index (χ4v) is 2.89. The molecule has 2 heterocycles. The highest BCUT2D eigenvalue weighted by atomic mass is 19.4. The number of rotatable bonds is 4. The monoisotopic (exact) mass is 318 g/mol. The van der Waals surface area contributed by atoms with Gasteiger partial charge in [0.05, 0.1) is 5.56 Å². The van der Waals surface area contributed by atoms with Gasteiger partial charge >= 0.3 is 6.18 Å². The van der Waals surface area contributed by atoms with E-state index in [2.05, 4.69) is 9.88 Å². The molecule has 1 aromatic heterocycles. The van der Waals surface area contributed by atoms with E-state index >= 15 is 0 Å². The molecule has 0 aromatic carbocycles. The summed E-state index contributed by atoms with van der Waals surface area (Å²) in [5, 5.41) is 0. The van der Waals surface area contributed by atoms with E-state index in [1.165, 1.54) is 26.5 Å². The molecule has 0 amide bonds. The zero-order valence-electron chi connectivity index (χ0n) is 13.0. The topological polar surface area (TPSA) is 34.6 Å². The van der Waals surface area contributed by atoms with Gasteiger partial charge in [-0.15, -0.1) is 0 Å². The molecule has 2 rings (SSSR count). The van der Waals surface area contributed by atoms with E-state index < -0.39 is 18.0 Å². The molecule has 1 aliphatic rings. The zero-order valence-corrected chi connectivity index (χ0v) is 13.0. The summed E-state index contributed by atoms with van der Waals surface area (Å²) in [6, 6.07) is 1.19. The van der Waals surface area contributed by atoms with E-state index in [4.69, 9.17) is 9.47 Å². The second-order valence-corrected chi connectivity index (χ2v) is 5.60. The molecule has 7 heteroatoms. The number of alkyl halides is 3. The van der Waals surface area contributed by atoms with Gasteiger partial charge in [0.15, 0.2) is 0 Å². The Morgan fingerprint density at radius 3 is 2.55 bits per heavy atom. The van der Waals surface area contributed by atoms with Crippen LogP contribution in [0.1, 0.15) is 41.9 Å². The molecule has 4 nitrogen and oxygen atoms in total. The van der Waals surface area contributed by atoms with E-state index in [1.807, 2.05) is 7.05 Å². The Kier molecular flexibility index (Phi) is 5.41. The van der Waals surface area contributed by atoms with Crippen molar-refractivity contribution < 1.29 is 22.6 Å². The van der Waals surface area contributed by atoms with Crippen LogP contribution in [0.3, 0.4) is 0 Å². The molecule has 1 saturated heterocycles. The van der Waals surface area contributed by atoms with Gasteiger partial charge in [-0.25, -0.2) is 0 Å². The summed E-state index contributed by atoms with van der Waals surface area (Å²) in [4.78, 5) is 6.13. The van der Waals surface area contributed by atoms with Gasteiger partial charge in [0, 0.05) is 27.0 Å². The molecule has 0 N–H and O–H groups in total. The van der Waals surface area contributed by atoms with Gasteiger partial charge in [-0.05, 0) is 44.0 Å². The number of pyridine rings is 1. The van der Waals surface area contributed by atoms with Crippen molar-refractivity contribution in [1.29, 1.82) is 0 Å². The van der Waals surface area contributed by atoms with Crippen LogP contribution in [-0.4, -0.2) is 44.2 Å². The fraction of sp³-hybridized carbons (Fsp3) is 0.667. The minimum atomic E-state index is -4.49. The third kappa shape index (κ3) is 3.77. The van der Waals surface area contributed by atoms with Crippen molar-refractivity contribution in [2.75, 3.05) is 34.4 Å².